The van der Waals surface area contributed by atoms with Gasteiger partial charge in [0, 0.05) is 12.8 Å². The second-order valence-electron chi connectivity index (χ2n) is 20.3. The molecule has 2 unspecified atom stereocenters. The van der Waals surface area contributed by atoms with Crippen LogP contribution in [0.5, 0.6) is 0 Å². The van der Waals surface area contributed by atoms with Crippen molar-refractivity contribution in [3.63, 3.8) is 0 Å². The van der Waals surface area contributed by atoms with E-state index in [0.29, 0.717) is 19.4 Å². The lowest BCUT2D eigenvalue weighted by Gasteiger charge is -2.20. The van der Waals surface area contributed by atoms with Crippen molar-refractivity contribution in [2.45, 2.75) is 328 Å². The summed E-state index contributed by atoms with van der Waals surface area (Å²) in [7, 11) is 0. The van der Waals surface area contributed by atoms with E-state index in [4.69, 9.17) is 4.74 Å². The van der Waals surface area contributed by atoms with Crippen molar-refractivity contribution >= 4 is 11.9 Å². The predicted octanol–water partition coefficient (Wildman–Crippen LogP) is 18.4. The summed E-state index contributed by atoms with van der Waals surface area (Å²) in [4.78, 5) is 24.5. The van der Waals surface area contributed by atoms with Gasteiger partial charge in [0.2, 0.25) is 5.91 Å². The number of hydrogen-bond donors (Lipinski definition) is 3. The topological polar surface area (TPSA) is 95.9 Å². The molecule has 0 aliphatic heterocycles. The summed E-state index contributed by atoms with van der Waals surface area (Å²) in [6.07, 6.45) is 70.4. The summed E-state index contributed by atoms with van der Waals surface area (Å²) >= 11 is 0. The third kappa shape index (κ3) is 53.3. The van der Waals surface area contributed by atoms with Crippen molar-refractivity contribution in [3.05, 3.63) is 36.5 Å². The van der Waals surface area contributed by atoms with Gasteiger partial charge in [0.1, 0.15) is 0 Å². The predicted molar refractivity (Wildman–Crippen MR) is 292 cm³/mol. The monoisotopic (exact) mass is 942 g/mol. The van der Waals surface area contributed by atoms with Crippen LogP contribution in [-0.4, -0.2) is 47.4 Å². The number of nitrogens with one attached hydrogen (secondary N) is 1. The third-order valence-electron chi connectivity index (χ3n) is 13.7. The Hall–Kier alpha value is -1.92. The lowest BCUT2D eigenvalue weighted by Crippen LogP contribution is -2.45. The van der Waals surface area contributed by atoms with Gasteiger partial charge in [0.05, 0.1) is 25.4 Å². The number of ether oxygens (including phenoxy) is 1. The number of allylic oxidation sites excluding steroid dienone is 5. The number of hydrogen-bond acceptors (Lipinski definition) is 5. The Bertz CT molecular complexity index is 1090. The van der Waals surface area contributed by atoms with E-state index in [1.54, 1.807) is 6.08 Å². The van der Waals surface area contributed by atoms with Crippen LogP contribution in [0.2, 0.25) is 0 Å². The summed E-state index contributed by atoms with van der Waals surface area (Å²) in [5.74, 6) is -0.0638. The summed E-state index contributed by atoms with van der Waals surface area (Å²) in [6, 6.07) is -0.625. The molecule has 0 aromatic rings. The van der Waals surface area contributed by atoms with Gasteiger partial charge < -0.3 is 20.3 Å². The van der Waals surface area contributed by atoms with Gasteiger partial charge in [-0.15, -0.1) is 0 Å². The fourth-order valence-corrected chi connectivity index (χ4v) is 9.08. The molecule has 0 aromatic carbocycles. The number of unbranched alkanes of at least 4 members (excludes halogenated alkanes) is 40. The van der Waals surface area contributed by atoms with Gasteiger partial charge in [0.15, 0.2) is 0 Å². The molecule has 0 saturated heterocycles. The molecule has 394 valence electrons. The highest BCUT2D eigenvalue weighted by Gasteiger charge is 2.18. The number of carbonyl (C=O) groups excluding carboxylic acids is 2. The molecule has 0 aliphatic rings. The number of rotatable bonds is 55. The number of amides is 1. The smallest absolute Gasteiger partial charge is 0.305 e. The van der Waals surface area contributed by atoms with Crippen molar-refractivity contribution in [3.8, 4) is 0 Å². The minimum Gasteiger partial charge on any atom is -0.466 e. The van der Waals surface area contributed by atoms with Crippen LogP contribution in [0, 0.1) is 0 Å². The van der Waals surface area contributed by atoms with E-state index in [9.17, 15) is 19.8 Å². The van der Waals surface area contributed by atoms with Crippen molar-refractivity contribution in [1.82, 2.24) is 5.32 Å². The molecule has 1 amide bonds. The molecule has 0 rings (SSSR count). The fourth-order valence-electron chi connectivity index (χ4n) is 9.08. The minimum absolute atomic E-state index is 0.00622. The first-order chi connectivity index (χ1) is 33.0. The zero-order valence-electron chi connectivity index (χ0n) is 44.9. The molecular formula is C61H115NO5. The highest BCUT2D eigenvalue weighted by molar-refractivity contribution is 5.76. The van der Waals surface area contributed by atoms with Crippen LogP contribution in [0.4, 0.5) is 0 Å². The first-order valence-corrected chi connectivity index (χ1v) is 29.8. The van der Waals surface area contributed by atoms with Gasteiger partial charge in [-0.25, -0.2) is 0 Å². The van der Waals surface area contributed by atoms with Crippen LogP contribution >= 0.6 is 0 Å². The lowest BCUT2D eigenvalue weighted by molar-refractivity contribution is -0.143. The molecule has 0 bridgehead atoms. The summed E-state index contributed by atoms with van der Waals surface area (Å²) in [6.45, 7) is 4.86. The zero-order valence-corrected chi connectivity index (χ0v) is 44.9. The van der Waals surface area contributed by atoms with Crippen molar-refractivity contribution in [2.75, 3.05) is 13.2 Å². The summed E-state index contributed by atoms with van der Waals surface area (Å²) in [5, 5.41) is 22.9. The summed E-state index contributed by atoms with van der Waals surface area (Å²) in [5.41, 5.74) is 0. The van der Waals surface area contributed by atoms with Gasteiger partial charge in [0.25, 0.3) is 0 Å². The molecular weight excluding hydrogens is 827 g/mol. The first-order valence-electron chi connectivity index (χ1n) is 29.8. The SMILES string of the molecule is CCCCCC/C=C\C/C=C\CCCCCCCCCC(=O)OCCCCCCCCCCCCCCCCCCCCCCCCCC(=O)NC(CO)C(O)/C=C/CCCCCCCCC. The largest absolute Gasteiger partial charge is 0.466 e. The Morgan fingerprint density at radius 2 is 0.746 bits per heavy atom. The van der Waals surface area contributed by atoms with E-state index in [-0.39, 0.29) is 18.5 Å². The quantitative estimate of drug-likeness (QED) is 0.0321. The van der Waals surface area contributed by atoms with Crippen LogP contribution in [0.1, 0.15) is 316 Å². The molecule has 6 nitrogen and oxygen atoms in total. The second-order valence-corrected chi connectivity index (χ2v) is 20.3. The van der Waals surface area contributed by atoms with Gasteiger partial charge in [-0.3, -0.25) is 9.59 Å². The van der Waals surface area contributed by atoms with Crippen LogP contribution in [0.15, 0.2) is 36.5 Å². The normalized spacial score (nSPS) is 12.8. The van der Waals surface area contributed by atoms with E-state index in [0.717, 1.165) is 51.4 Å². The number of esters is 1. The Balaban J connectivity index is 3.35. The third-order valence-corrected chi connectivity index (χ3v) is 13.7. The summed E-state index contributed by atoms with van der Waals surface area (Å²) < 4.78 is 5.49. The van der Waals surface area contributed by atoms with Gasteiger partial charge in [-0.2, -0.15) is 0 Å². The molecule has 0 radical (unpaired) electrons. The Morgan fingerprint density at radius 1 is 0.418 bits per heavy atom. The van der Waals surface area contributed by atoms with Crippen molar-refractivity contribution in [2.24, 2.45) is 0 Å². The Kier molecular flexibility index (Phi) is 55.0. The van der Waals surface area contributed by atoms with Gasteiger partial charge >= 0.3 is 5.97 Å². The first kappa shape index (κ1) is 65.1. The van der Waals surface area contributed by atoms with Crippen LogP contribution in [-0.2, 0) is 14.3 Å². The average Bonchev–Trinajstić information content (AvgIpc) is 3.33. The Labute approximate surface area is 417 Å². The lowest BCUT2D eigenvalue weighted by atomic mass is 10.0. The molecule has 0 heterocycles. The number of aliphatic hydroxyl groups is 2. The van der Waals surface area contributed by atoms with Gasteiger partial charge in [-0.1, -0.05) is 275 Å². The van der Waals surface area contributed by atoms with Crippen LogP contribution in [0.3, 0.4) is 0 Å². The van der Waals surface area contributed by atoms with Crippen molar-refractivity contribution < 1.29 is 24.5 Å². The van der Waals surface area contributed by atoms with E-state index >= 15 is 0 Å². The minimum atomic E-state index is -0.842. The Morgan fingerprint density at radius 3 is 1.15 bits per heavy atom. The van der Waals surface area contributed by atoms with E-state index in [1.165, 1.54) is 238 Å². The van der Waals surface area contributed by atoms with Gasteiger partial charge in [-0.05, 0) is 64.2 Å². The van der Waals surface area contributed by atoms with Crippen LogP contribution < -0.4 is 5.32 Å². The molecule has 0 aliphatic carbocycles. The van der Waals surface area contributed by atoms with E-state index in [1.807, 2.05) is 6.08 Å². The molecule has 67 heavy (non-hydrogen) atoms. The maximum atomic E-state index is 12.4. The standard InChI is InChI=1S/C61H115NO5/c1-3-5-7-9-11-13-14-15-16-17-26-29-32-35-39-43-47-51-55-61(66)67-56-52-48-44-40-36-33-30-27-24-22-20-18-19-21-23-25-28-31-34-38-42-46-50-54-60(65)62-58(57-63)59(64)53-49-45-41-37-12-10-8-6-4-2/h13-14,16-17,49,53,58-59,63-64H,3-12,15,18-48,50-52,54-57H2,1-2H3,(H,62,65)/b14-13-,17-16-,53-49+. The molecule has 0 spiro atoms. The molecule has 3 N–H and O–H groups in total. The highest BCUT2D eigenvalue weighted by atomic mass is 16.5. The molecule has 6 heteroatoms. The number of aliphatic hydroxyl groups excluding tert-OH is 2. The van der Waals surface area contributed by atoms with E-state index < -0.39 is 12.1 Å². The fraction of sp³-hybridized carbons (Fsp3) is 0.869. The zero-order chi connectivity index (χ0) is 48.6. The molecule has 2 atom stereocenters. The van der Waals surface area contributed by atoms with Crippen LogP contribution in [0.25, 0.3) is 0 Å². The van der Waals surface area contributed by atoms with E-state index in [2.05, 4.69) is 43.5 Å². The number of carbonyl (C=O) groups is 2. The van der Waals surface area contributed by atoms with Crippen molar-refractivity contribution in [1.29, 1.82) is 0 Å². The maximum absolute atomic E-state index is 12.4. The molecule has 0 saturated carbocycles. The molecule has 0 aromatic heterocycles. The highest BCUT2D eigenvalue weighted by Crippen LogP contribution is 2.17. The molecule has 0 fully saturated rings. The average molecular weight is 943 g/mol. The maximum Gasteiger partial charge on any atom is 0.305 e. The second kappa shape index (κ2) is 56.7.